The molecule has 0 unspecified atom stereocenters. The van der Waals surface area contributed by atoms with E-state index in [1.165, 1.54) is 68.7 Å². The van der Waals surface area contributed by atoms with Crippen LogP contribution in [-0.4, -0.2) is 30.7 Å². The van der Waals surface area contributed by atoms with Crippen molar-refractivity contribution in [2.75, 3.05) is 5.43 Å². The zero-order valence-corrected chi connectivity index (χ0v) is 18.4. The predicted octanol–water partition coefficient (Wildman–Crippen LogP) is 5.34. The number of carbonyl (C=O) groups excluding carboxylic acids is 1. The Labute approximate surface area is 177 Å². The molecule has 0 aliphatic heterocycles. The summed E-state index contributed by atoms with van der Waals surface area (Å²) in [5, 5.41) is 10.0. The first-order valence-electron chi connectivity index (χ1n) is 9.90. The van der Waals surface area contributed by atoms with Crippen LogP contribution in [0.4, 0.5) is 0 Å². The summed E-state index contributed by atoms with van der Waals surface area (Å²) in [6, 6.07) is 0. The van der Waals surface area contributed by atoms with Gasteiger partial charge in [-0.2, -0.15) is 0 Å². The molecule has 0 bridgehead atoms. The number of hydrogen-bond donors (Lipinski definition) is 2. The van der Waals surface area contributed by atoms with E-state index in [9.17, 15) is 4.79 Å². The minimum atomic E-state index is -1.70. The normalized spacial score (nSPS) is 12.7. The average Bonchev–Trinajstić information content (AvgIpc) is 3.11. The number of amides is 1. The van der Waals surface area contributed by atoms with Crippen molar-refractivity contribution in [1.29, 1.82) is 0 Å². The van der Waals surface area contributed by atoms with Gasteiger partial charge in [-0.3, -0.25) is 10.2 Å². The van der Waals surface area contributed by atoms with Crippen molar-refractivity contribution >= 4 is 40.7 Å². The molecule has 1 aromatic heterocycles. The number of nitrogens with one attached hydrogen (secondary N) is 2. The molecule has 156 valence electrons. The highest BCUT2D eigenvalue weighted by Crippen LogP contribution is 2.29. The summed E-state index contributed by atoms with van der Waals surface area (Å²) >= 11 is 17.8. The standard InChI is InChI=1S/C18H32Cl3N5O/c1-2-3-4-5-6-7-8-9-10-11-12-13-16(27)24-17(18(19,20)21)25-26-14-22-23-15-26/h14-15,17,25H,2-13H2,1H3,(H,24,27)/t17-/m0/s1. The second-order valence-corrected chi connectivity index (χ2v) is 9.19. The fourth-order valence-electron chi connectivity index (χ4n) is 2.79. The number of rotatable bonds is 15. The molecule has 0 aliphatic rings. The van der Waals surface area contributed by atoms with Crippen molar-refractivity contribution < 1.29 is 4.79 Å². The third kappa shape index (κ3) is 12.4. The fourth-order valence-corrected chi connectivity index (χ4v) is 3.10. The second-order valence-electron chi connectivity index (χ2n) is 6.83. The summed E-state index contributed by atoms with van der Waals surface area (Å²) in [5.74, 6) is -0.150. The molecule has 0 saturated carbocycles. The van der Waals surface area contributed by atoms with Crippen LogP contribution in [0.3, 0.4) is 0 Å². The van der Waals surface area contributed by atoms with Gasteiger partial charge in [-0.1, -0.05) is 106 Å². The number of aromatic nitrogens is 3. The van der Waals surface area contributed by atoms with Gasteiger partial charge in [0.05, 0.1) is 0 Å². The zero-order chi connectivity index (χ0) is 20.0. The van der Waals surface area contributed by atoms with Crippen molar-refractivity contribution in [3.8, 4) is 0 Å². The summed E-state index contributed by atoms with van der Waals surface area (Å²) < 4.78 is -0.272. The Hall–Kier alpha value is -0.720. The zero-order valence-electron chi connectivity index (χ0n) is 16.1. The Morgan fingerprint density at radius 3 is 1.89 bits per heavy atom. The van der Waals surface area contributed by atoms with Crippen molar-refractivity contribution in [3.05, 3.63) is 12.7 Å². The Morgan fingerprint density at radius 1 is 0.926 bits per heavy atom. The molecule has 1 amide bonds. The SMILES string of the molecule is CCCCCCCCCCCCCC(=O)N[C@@H](Nn1cnnc1)C(Cl)(Cl)Cl. The molecule has 6 nitrogen and oxygen atoms in total. The maximum Gasteiger partial charge on any atom is 0.229 e. The molecule has 0 spiro atoms. The monoisotopic (exact) mass is 439 g/mol. The summed E-state index contributed by atoms with van der Waals surface area (Å²) in [5.41, 5.74) is 2.84. The van der Waals surface area contributed by atoms with E-state index in [1.807, 2.05) is 0 Å². The van der Waals surface area contributed by atoms with Gasteiger partial charge in [0.15, 0.2) is 6.17 Å². The van der Waals surface area contributed by atoms with E-state index in [-0.39, 0.29) is 5.91 Å². The largest absolute Gasteiger partial charge is 0.331 e. The average molecular weight is 441 g/mol. The van der Waals surface area contributed by atoms with Crippen LogP contribution in [0, 0.1) is 0 Å². The van der Waals surface area contributed by atoms with Gasteiger partial charge in [-0.05, 0) is 6.42 Å². The molecule has 0 fully saturated rings. The van der Waals surface area contributed by atoms with Crippen molar-refractivity contribution in [2.24, 2.45) is 0 Å². The van der Waals surface area contributed by atoms with Gasteiger partial charge in [0, 0.05) is 6.42 Å². The quantitative estimate of drug-likeness (QED) is 0.219. The molecule has 0 aromatic carbocycles. The molecule has 1 heterocycles. The summed E-state index contributed by atoms with van der Waals surface area (Å²) in [4.78, 5) is 12.1. The van der Waals surface area contributed by atoms with Crippen LogP contribution in [0.1, 0.15) is 84.0 Å². The van der Waals surface area contributed by atoms with Gasteiger partial charge in [0.1, 0.15) is 12.7 Å². The first-order chi connectivity index (χ1) is 12.9. The van der Waals surface area contributed by atoms with Crippen LogP contribution >= 0.6 is 34.8 Å². The Morgan fingerprint density at radius 2 is 1.41 bits per heavy atom. The van der Waals surface area contributed by atoms with Gasteiger partial charge >= 0.3 is 0 Å². The van der Waals surface area contributed by atoms with E-state index < -0.39 is 9.96 Å². The molecule has 0 aliphatic carbocycles. The summed E-state index contributed by atoms with van der Waals surface area (Å²) in [6.07, 6.45) is 16.0. The molecule has 1 rings (SSSR count). The maximum atomic E-state index is 12.1. The summed E-state index contributed by atoms with van der Waals surface area (Å²) in [6.45, 7) is 2.24. The Bertz CT molecular complexity index is 494. The number of unbranched alkanes of at least 4 members (excludes halogenated alkanes) is 10. The minimum absolute atomic E-state index is 0.150. The van der Waals surface area contributed by atoms with Gasteiger partial charge in [-0.15, -0.1) is 10.2 Å². The lowest BCUT2D eigenvalue weighted by molar-refractivity contribution is -0.121. The highest BCUT2D eigenvalue weighted by atomic mass is 35.6. The molecule has 0 saturated heterocycles. The van der Waals surface area contributed by atoms with Crippen LogP contribution in [0.15, 0.2) is 12.7 Å². The Kier molecular flexibility index (Phi) is 12.9. The van der Waals surface area contributed by atoms with E-state index in [0.29, 0.717) is 6.42 Å². The first kappa shape index (κ1) is 24.3. The highest BCUT2D eigenvalue weighted by Gasteiger charge is 2.34. The van der Waals surface area contributed by atoms with Crippen molar-refractivity contribution in [2.45, 2.75) is 93.9 Å². The van der Waals surface area contributed by atoms with Gasteiger partial charge in [0.2, 0.25) is 9.70 Å². The van der Waals surface area contributed by atoms with E-state index in [2.05, 4.69) is 27.9 Å². The molecular formula is C18H32Cl3N5O. The van der Waals surface area contributed by atoms with E-state index >= 15 is 0 Å². The van der Waals surface area contributed by atoms with E-state index in [0.717, 1.165) is 19.3 Å². The minimum Gasteiger partial charge on any atom is -0.331 e. The Balaban J connectivity index is 2.09. The number of carbonyl (C=O) groups is 1. The number of hydrogen-bond acceptors (Lipinski definition) is 4. The lowest BCUT2D eigenvalue weighted by Crippen LogP contribution is -2.51. The van der Waals surface area contributed by atoms with Gasteiger partial charge in [-0.25, -0.2) is 4.68 Å². The second kappa shape index (κ2) is 14.3. The van der Waals surface area contributed by atoms with Crippen molar-refractivity contribution in [1.82, 2.24) is 20.2 Å². The van der Waals surface area contributed by atoms with E-state index in [4.69, 9.17) is 34.8 Å². The van der Waals surface area contributed by atoms with Crippen LogP contribution in [-0.2, 0) is 4.79 Å². The summed E-state index contributed by atoms with van der Waals surface area (Å²) in [7, 11) is 0. The maximum absolute atomic E-state index is 12.1. The van der Waals surface area contributed by atoms with Gasteiger partial charge < -0.3 is 5.32 Å². The number of nitrogens with zero attached hydrogens (tertiary/aromatic N) is 3. The van der Waals surface area contributed by atoms with Crippen LogP contribution in [0.5, 0.6) is 0 Å². The molecule has 27 heavy (non-hydrogen) atoms. The highest BCUT2D eigenvalue weighted by molar-refractivity contribution is 6.68. The van der Waals surface area contributed by atoms with Crippen LogP contribution < -0.4 is 10.7 Å². The van der Waals surface area contributed by atoms with Crippen LogP contribution in [0.25, 0.3) is 0 Å². The third-order valence-electron chi connectivity index (χ3n) is 4.34. The molecule has 1 aromatic rings. The first-order valence-corrected chi connectivity index (χ1v) is 11.0. The molecule has 9 heteroatoms. The fraction of sp³-hybridized carbons (Fsp3) is 0.833. The number of alkyl halides is 3. The third-order valence-corrected chi connectivity index (χ3v) is 4.99. The molecule has 1 atom stereocenters. The lowest BCUT2D eigenvalue weighted by atomic mass is 10.1. The van der Waals surface area contributed by atoms with E-state index in [1.54, 1.807) is 0 Å². The number of halogens is 3. The topological polar surface area (TPSA) is 71.8 Å². The molecular weight excluding hydrogens is 409 g/mol. The van der Waals surface area contributed by atoms with Crippen molar-refractivity contribution in [3.63, 3.8) is 0 Å². The lowest BCUT2D eigenvalue weighted by Gasteiger charge is -2.27. The predicted molar refractivity (Wildman–Crippen MR) is 113 cm³/mol. The smallest absolute Gasteiger partial charge is 0.229 e. The van der Waals surface area contributed by atoms with Crippen LogP contribution in [0.2, 0.25) is 0 Å². The molecule has 0 radical (unpaired) electrons. The molecule has 2 N–H and O–H groups in total. The van der Waals surface area contributed by atoms with Gasteiger partial charge in [0.25, 0.3) is 0 Å².